The molecule has 23 nitrogen and oxygen atoms in total. The molecule has 0 aromatic heterocycles. The Bertz CT molecular complexity index is 1990. The number of rotatable bonds is 56. The summed E-state index contributed by atoms with van der Waals surface area (Å²) in [6, 6.07) is -2.62. The molecule has 3 aliphatic heterocycles. The number of ether oxygens (including phenoxy) is 6. The Morgan fingerprint density at radius 1 is 0.553 bits per heavy atom. The van der Waals surface area contributed by atoms with Gasteiger partial charge in [-0.05, 0) is 44.9 Å². The smallest absolute Gasteiger partial charge is 0.364 e. The number of amides is 2. The molecule has 94 heavy (non-hydrogen) atoms. The number of nitrogens with one attached hydrogen (secondary N) is 2. The first-order valence-electron chi connectivity index (χ1n) is 36.7. The quantitative estimate of drug-likeness (QED) is 0.0205. The van der Waals surface area contributed by atoms with Crippen molar-refractivity contribution in [3.05, 3.63) is 24.3 Å². The van der Waals surface area contributed by atoms with Gasteiger partial charge in [-0.2, -0.15) is 0 Å². The molecule has 3 aliphatic rings. The normalized spacial score (nSPS) is 28.0. The maximum Gasteiger partial charge on any atom is 0.364 e. The number of aliphatic carboxylic acids is 1. The lowest BCUT2D eigenvalue weighted by Crippen LogP contribution is -2.70. The minimum atomic E-state index is -3.08. The SMILES string of the molecule is CCCCCCCCCCCCCC/C=C\CCCCCCCCCCCC(=O)NC(COC1OC(CO)C(OC2OC(CO)C(O)C(OC3(C(=O)O)CC(O)C(NC(C)=O)C(C(O)C(O)CO)O3)C2O)C(O)C1O)C(O)/C=C/CCCCCCCCCCCCCCC. The maximum absolute atomic E-state index is 13.5. The van der Waals surface area contributed by atoms with Crippen LogP contribution in [0.3, 0.4) is 0 Å². The fraction of sp³-hybridized carbons (Fsp3) is 0.901. The number of aliphatic hydroxyl groups is 11. The molecule has 14 N–H and O–H groups in total. The van der Waals surface area contributed by atoms with E-state index < -0.39 is 155 Å². The summed E-state index contributed by atoms with van der Waals surface area (Å²) >= 11 is 0. The second-order valence-electron chi connectivity index (χ2n) is 26.8. The Balaban J connectivity index is 1.55. The van der Waals surface area contributed by atoms with E-state index in [1.54, 1.807) is 6.08 Å². The van der Waals surface area contributed by atoms with Gasteiger partial charge in [0.05, 0.1) is 50.7 Å². The molecule has 3 rings (SSSR count). The Hall–Kier alpha value is -2.79. The third-order valence-corrected chi connectivity index (χ3v) is 18.6. The van der Waals surface area contributed by atoms with Gasteiger partial charge in [-0.25, -0.2) is 4.79 Å². The Morgan fingerprint density at radius 3 is 1.45 bits per heavy atom. The molecule has 23 heteroatoms. The van der Waals surface area contributed by atoms with Crippen molar-refractivity contribution < 1.29 is 104 Å². The minimum Gasteiger partial charge on any atom is -0.477 e. The van der Waals surface area contributed by atoms with E-state index in [2.05, 4.69) is 36.6 Å². The van der Waals surface area contributed by atoms with Crippen molar-refractivity contribution in [1.82, 2.24) is 10.6 Å². The lowest BCUT2D eigenvalue weighted by molar-refractivity contribution is -0.386. The zero-order chi connectivity index (χ0) is 68.9. The van der Waals surface area contributed by atoms with E-state index in [0.717, 1.165) is 58.3 Å². The Morgan fingerprint density at radius 2 is 1.00 bits per heavy atom. The van der Waals surface area contributed by atoms with Gasteiger partial charge < -0.3 is 100 Å². The average molecular weight is 1350 g/mol. The van der Waals surface area contributed by atoms with E-state index in [0.29, 0.717) is 12.8 Å². The van der Waals surface area contributed by atoms with E-state index in [4.69, 9.17) is 28.4 Å². The summed E-state index contributed by atoms with van der Waals surface area (Å²) in [6.45, 7) is 2.15. The van der Waals surface area contributed by atoms with Gasteiger partial charge in [0.25, 0.3) is 5.79 Å². The highest BCUT2D eigenvalue weighted by Gasteiger charge is 2.60. The molecule has 18 unspecified atom stereocenters. The molecule has 2 amide bonds. The van der Waals surface area contributed by atoms with E-state index in [1.807, 2.05) is 6.08 Å². The third kappa shape index (κ3) is 32.9. The lowest BCUT2D eigenvalue weighted by atomic mass is 9.88. The van der Waals surface area contributed by atoms with Crippen LogP contribution in [0.1, 0.15) is 271 Å². The van der Waals surface area contributed by atoms with Crippen LogP contribution in [0.2, 0.25) is 0 Å². The molecule has 18 atom stereocenters. The molecule has 3 heterocycles. The highest BCUT2D eigenvalue weighted by Crippen LogP contribution is 2.39. The molecule has 550 valence electrons. The molecule has 0 bridgehead atoms. The highest BCUT2D eigenvalue weighted by atomic mass is 16.8. The zero-order valence-electron chi connectivity index (χ0n) is 57.6. The van der Waals surface area contributed by atoms with Gasteiger partial charge in [-0.3, -0.25) is 9.59 Å². The average Bonchev–Trinajstić information content (AvgIpc) is 0.759. The number of aliphatic hydroxyl groups excluding tert-OH is 11. The molecule has 0 aliphatic carbocycles. The van der Waals surface area contributed by atoms with Crippen LogP contribution in [0, 0.1) is 0 Å². The van der Waals surface area contributed by atoms with E-state index >= 15 is 0 Å². The summed E-state index contributed by atoms with van der Waals surface area (Å²) in [4.78, 5) is 38.6. The van der Waals surface area contributed by atoms with Crippen molar-refractivity contribution in [3.63, 3.8) is 0 Å². The molecule has 3 saturated heterocycles. The van der Waals surface area contributed by atoms with Crippen LogP contribution in [0.25, 0.3) is 0 Å². The van der Waals surface area contributed by atoms with Crippen molar-refractivity contribution in [3.8, 4) is 0 Å². The van der Waals surface area contributed by atoms with Crippen molar-refractivity contribution in [2.75, 3.05) is 26.4 Å². The van der Waals surface area contributed by atoms with Crippen molar-refractivity contribution in [2.24, 2.45) is 0 Å². The summed E-state index contributed by atoms with van der Waals surface area (Å²) in [5.41, 5.74) is 0. The number of unbranched alkanes of at least 4 members (excludes halogenated alkanes) is 34. The van der Waals surface area contributed by atoms with Crippen LogP contribution in [0.15, 0.2) is 24.3 Å². The number of carboxylic acid groups (broad SMARTS) is 1. The summed E-state index contributed by atoms with van der Waals surface area (Å²) in [5.74, 6) is -6.14. The van der Waals surface area contributed by atoms with Crippen LogP contribution >= 0.6 is 0 Å². The van der Waals surface area contributed by atoms with Crippen LogP contribution < -0.4 is 10.6 Å². The fourth-order valence-corrected chi connectivity index (χ4v) is 12.8. The molecule has 0 spiro atoms. The first kappa shape index (κ1) is 85.4. The fourth-order valence-electron chi connectivity index (χ4n) is 12.8. The summed E-state index contributed by atoms with van der Waals surface area (Å²) in [5, 5.41) is 136. The number of hydrogen-bond donors (Lipinski definition) is 14. The van der Waals surface area contributed by atoms with Gasteiger partial charge in [-0.1, -0.05) is 231 Å². The topological polar surface area (TPSA) is 373 Å². The number of hydrogen-bond acceptors (Lipinski definition) is 20. The first-order valence-corrected chi connectivity index (χ1v) is 36.7. The number of allylic oxidation sites excluding steroid dienone is 3. The molecule has 0 aromatic rings. The predicted octanol–water partition coefficient (Wildman–Crippen LogP) is 7.62. The van der Waals surface area contributed by atoms with Crippen LogP contribution in [0.4, 0.5) is 0 Å². The number of carbonyl (C=O) groups excluding carboxylic acids is 2. The van der Waals surface area contributed by atoms with E-state index in [1.165, 1.54) is 173 Å². The molecule has 0 radical (unpaired) electrons. The van der Waals surface area contributed by atoms with Gasteiger partial charge in [0.2, 0.25) is 11.8 Å². The highest BCUT2D eigenvalue weighted by molar-refractivity contribution is 5.77. The molecular weight excluding hydrogens is 1220 g/mol. The summed E-state index contributed by atoms with van der Waals surface area (Å²) in [7, 11) is 0. The van der Waals surface area contributed by atoms with Gasteiger partial charge >= 0.3 is 5.97 Å². The summed E-state index contributed by atoms with van der Waals surface area (Å²) in [6.07, 6.45) is 23.6. The largest absolute Gasteiger partial charge is 0.477 e. The monoisotopic (exact) mass is 1350 g/mol. The second-order valence-corrected chi connectivity index (χ2v) is 26.8. The summed E-state index contributed by atoms with van der Waals surface area (Å²) < 4.78 is 34.8. The van der Waals surface area contributed by atoms with Crippen molar-refractivity contribution in [2.45, 2.75) is 381 Å². The van der Waals surface area contributed by atoms with Crippen molar-refractivity contribution >= 4 is 17.8 Å². The number of carbonyl (C=O) groups is 3. The van der Waals surface area contributed by atoms with Crippen LogP contribution in [0.5, 0.6) is 0 Å². The Labute approximate surface area is 562 Å². The molecule has 3 fully saturated rings. The first-order chi connectivity index (χ1) is 45.4. The van der Waals surface area contributed by atoms with Crippen LogP contribution in [-0.4, -0.2) is 215 Å². The van der Waals surface area contributed by atoms with Crippen LogP contribution in [-0.2, 0) is 42.8 Å². The van der Waals surface area contributed by atoms with Gasteiger partial charge in [-0.15, -0.1) is 0 Å². The van der Waals surface area contributed by atoms with Gasteiger partial charge in [0.1, 0.15) is 67.1 Å². The lowest BCUT2D eigenvalue weighted by Gasteiger charge is -2.50. The third-order valence-electron chi connectivity index (χ3n) is 18.6. The Kier molecular flexibility index (Phi) is 46.7. The zero-order valence-corrected chi connectivity index (χ0v) is 57.6. The number of carboxylic acids is 1. The standard InChI is InChI=1S/C71H130N2O21/c1-4-6-8-10-12-14-16-18-20-21-22-23-24-25-26-27-28-29-31-33-35-37-39-41-43-45-58(81)73-52(53(78)44-42-40-38-36-34-32-30-19-17-15-13-11-9-7-5-2)50-89-68-63(85)62(84)65(57(49-76)91-68)92-69-64(86)67(61(83)56(48-75)90-69)94-71(70(87)88)46-54(79)59(72-51(3)77)66(93-71)60(82)55(80)47-74/h25-26,42,44,52-57,59-69,74-76,78-80,82-86H,4-24,27-41,43,45-50H2,1-3H3,(H,72,77)(H,73,81)(H,87,88)/b26-25-,44-42+. The minimum absolute atomic E-state index is 0.199. The van der Waals surface area contributed by atoms with E-state index in [-0.39, 0.29) is 12.3 Å². The molecule has 0 saturated carbocycles. The second kappa shape index (κ2) is 51.4. The maximum atomic E-state index is 13.5. The predicted molar refractivity (Wildman–Crippen MR) is 357 cm³/mol. The van der Waals surface area contributed by atoms with E-state index in [9.17, 15) is 75.7 Å². The molecule has 0 aromatic carbocycles. The van der Waals surface area contributed by atoms with Gasteiger partial charge in [0.15, 0.2) is 12.6 Å². The van der Waals surface area contributed by atoms with Crippen molar-refractivity contribution in [1.29, 1.82) is 0 Å². The molecular formula is C71H130N2O21. The van der Waals surface area contributed by atoms with Gasteiger partial charge in [0, 0.05) is 19.8 Å².